The second-order valence-electron chi connectivity index (χ2n) is 8.97. The first-order chi connectivity index (χ1) is 16.7. The SMILES string of the molecule is Cc1ccc2c(c1)c1ncccc1n2-c1cccc(-n2c3ccc(C)cc3c3ncccc32)c1. The molecule has 162 valence electrons. The summed E-state index contributed by atoms with van der Waals surface area (Å²) in [6.45, 7) is 4.26. The summed E-state index contributed by atoms with van der Waals surface area (Å²) in [5.74, 6) is 0. The third kappa shape index (κ3) is 2.66. The summed E-state index contributed by atoms with van der Waals surface area (Å²) < 4.78 is 4.63. The number of hydrogen-bond donors (Lipinski definition) is 0. The highest BCUT2D eigenvalue weighted by molar-refractivity contribution is 6.08. The number of nitrogens with zero attached hydrogens (tertiary/aromatic N) is 4. The van der Waals surface area contributed by atoms with Crippen LogP contribution in [0, 0.1) is 13.8 Å². The minimum atomic E-state index is 1.03. The Morgan fingerprint density at radius 1 is 0.500 bits per heavy atom. The average Bonchev–Trinajstić information content (AvgIpc) is 3.36. The van der Waals surface area contributed by atoms with Crippen LogP contribution in [0.2, 0.25) is 0 Å². The minimum absolute atomic E-state index is 1.03. The van der Waals surface area contributed by atoms with Crippen LogP contribution in [-0.2, 0) is 0 Å². The van der Waals surface area contributed by atoms with E-state index in [0.717, 1.165) is 44.5 Å². The molecular weight excluding hydrogens is 416 g/mol. The number of aromatic nitrogens is 4. The van der Waals surface area contributed by atoms with Gasteiger partial charge in [-0.2, -0.15) is 0 Å². The van der Waals surface area contributed by atoms with Gasteiger partial charge in [0.1, 0.15) is 0 Å². The van der Waals surface area contributed by atoms with Crippen molar-refractivity contribution in [1.82, 2.24) is 19.1 Å². The van der Waals surface area contributed by atoms with Crippen molar-refractivity contribution < 1.29 is 0 Å². The average molecular weight is 439 g/mol. The molecule has 0 saturated heterocycles. The Bertz CT molecular complexity index is 1750. The summed E-state index contributed by atoms with van der Waals surface area (Å²) in [6, 6.07) is 30.3. The van der Waals surface area contributed by atoms with Crippen molar-refractivity contribution >= 4 is 43.9 Å². The highest BCUT2D eigenvalue weighted by Gasteiger charge is 2.16. The molecule has 0 amide bonds. The second kappa shape index (κ2) is 7.03. The van der Waals surface area contributed by atoms with E-state index in [0.29, 0.717) is 0 Å². The fraction of sp³-hybridized carbons (Fsp3) is 0.0667. The van der Waals surface area contributed by atoms with Gasteiger partial charge in [-0.15, -0.1) is 0 Å². The molecule has 4 aromatic heterocycles. The van der Waals surface area contributed by atoms with Gasteiger partial charge in [0.2, 0.25) is 0 Å². The maximum atomic E-state index is 4.72. The van der Waals surface area contributed by atoms with Gasteiger partial charge in [-0.3, -0.25) is 9.97 Å². The van der Waals surface area contributed by atoms with Crippen LogP contribution in [0.15, 0.2) is 97.3 Å². The van der Waals surface area contributed by atoms with E-state index in [1.165, 1.54) is 21.9 Å². The van der Waals surface area contributed by atoms with Gasteiger partial charge in [0.25, 0.3) is 0 Å². The molecule has 0 saturated carbocycles. The van der Waals surface area contributed by atoms with E-state index in [9.17, 15) is 0 Å². The molecule has 0 bridgehead atoms. The predicted molar refractivity (Wildman–Crippen MR) is 140 cm³/mol. The van der Waals surface area contributed by atoms with Crippen LogP contribution < -0.4 is 0 Å². The first kappa shape index (κ1) is 19.1. The molecule has 0 spiro atoms. The second-order valence-corrected chi connectivity index (χ2v) is 8.97. The zero-order chi connectivity index (χ0) is 22.8. The van der Waals surface area contributed by atoms with Gasteiger partial charge in [-0.05, 0) is 80.6 Å². The van der Waals surface area contributed by atoms with Crippen molar-refractivity contribution in [3.8, 4) is 11.4 Å². The zero-order valence-corrected chi connectivity index (χ0v) is 19.0. The Labute approximate surface area is 196 Å². The fourth-order valence-electron chi connectivity index (χ4n) is 5.23. The molecule has 3 aromatic carbocycles. The van der Waals surface area contributed by atoms with Crippen LogP contribution in [0.3, 0.4) is 0 Å². The molecule has 0 aliphatic carbocycles. The maximum Gasteiger partial charge on any atom is 0.0963 e. The summed E-state index contributed by atoms with van der Waals surface area (Å²) in [7, 11) is 0. The molecule has 4 heteroatoms. The van der Waals surface area contributed by atoms with E-state index in [4.69, 9.17) is 9.97 Å². The standard InChI is InChI=1S/C30H22N4/c1-19-10-12-25-23(16-19)29-27(8-4-14-31-29)33(25)21-6-3-7-22(18-21)34-26-13-11-20(2)17-24(26)30-28(34)9-5-15-32-30/h3-18H,1-2H3. The quantitative estimate of drug-likeness (QED) is 0.284. The summed E-state index contributed by atoms with van der Waals surface area (Å²) in [5, 5.41) is 2.36. The first-order valence-electron chi connectivity index (χ1n) is 11.5. The molecule has 4 heterocycles. The van der Waals surface area contributed by atoms with E-state index >= 15 is 0 Å². The third-order valence-electron chi connectivity index (χ3n) is 6.70. The normalized spacial score (nSPS) is 11.8. The number of pyridine rings is 2. The minimum Gasteiger partial charge on any atom is -0.308 e. The number of aryl methyl sites for hydroxylation is 2. The molecule has 34 heavy (non-hydrogen) atoms. The van der Waals surface area contributed by atoms with Crippen molar-refractivity contribution in [2.75, 3.05) is 0 Å². The van der Waals surface area contributed by atoms with Crippen LogP contribution in [0.4, 0.5) is 0 Å². The Balaban J connectivity index is 1.54. The molecule has 0 aliphatic heterocycles. The largest absolute Gasteiger partial charge is 0.308 e. The predicted octanol–water partition coefficient (Wildman–Crippen LogP) is 7.29. The monoisotopic (exact) mass is 438 g/mol. The van der Waals surface area contributed by atoms with Crippen molar-refractivity contribution in [2.24, 2.45) is 0 Å². The van der Waals surface area contributed by atoms with Gasteiger partial charge in [-0.1, -0.05) is 29.3 Å². The van der Waals surface area contributed by atoms with Gasteiger partial charge >= 0.3 is 0 Å². The number of fused-ring (bicyclic) bond motifs is 6. The lowest BCUT2D eigenvalue weighted by molar-refractivity contribution is 1.13. The maximum absolute atomic E-state index is 4.72. The topological polar surface area (TPSA) is 35.6 Å². The lowest BCUT2D eigenvalue weighted by atomic mass is 10.1. The highest BCUT2D eigenvalue weighted by atomic mass is 15.0. The van der Waals surface area contributed by atoms with Crippen LogP contribution in [0.25, 0.3) is 55.2 Å². The molecule has 4 nitrogen and oxygen atoms in total. The van der Waals surface area contributed by atoms with Crippen molar-refractivity contribution in [3.05, 3.63) is 108 Å². The Hall–Kier alpha value is -4.44. The smallest absolute Gasteiger partial charge is 0.0963 e. The molecular formula is C30H22N4. The molecule has 7 aromatic rings. The summed E-state index contributed by atoms with van der Waals surface area (Å²) in [5.41, 5.74) is 11.3. The van der Waals surface area contributed by atoms with Crippen LogP contribution in [0.1, 0.15) is 11.1 Å². The molecule has 0 atom stereocenters. The van der Waals surface area contributed by atoms with Crippen LogP contribution in [-0.4, -0.2) is 19.1 Å². The van der Waals surface area contributed by atoms with Crippen molar-refractivity contribution in [2.45, 2.75) is 13.8 Å². The molecule has 0 unspecified atom stereocenters. The van der Waals surface area contributed by atoms with E-state index < -0.39 is 0 Å². The van der Waals surface area contributed by atoms with Gasteiger partial charge in [0.15, 0.2) is 0 Å². The van der Waals surface area contributed by atoms with Crippen LogP contribution in [0.5, 0.6) is 0 Å². The third-order valence-corrected chi connectivity index (χ3v) is 6.70. The lowest BCUT2D eigenvalue weighted by Gasteiger charge is -2.12. The molecule has 0 radical (unpaired) electrons. The number of hydrogen-bond acceptors (Lipinski definition) is 2. The van der Waals surface area contributed by atoms with E-state index in [-0.39, 0.29) is 0 Å². The van der Waals surface area contributed by atoms with E-state index in [2.05, 4.69) is 95.8 Å². The fourth-order valence-corrected chi connectivity index (χ4v) is 5.23. The van der Waals surface area contributed by atoms with Gasteiger partial charge < -0.3 is 9.13 Å². The summed E-state index contributed by atoms with van der Waals surface area (Å²) >= 11 is 0. The summed E-state index contributed by atoms with van der Waals surface area (Å²) in [6.07, 6.45) is 3.75. The Kier molecular flexibility index (Phi) is 3.94. The summed E-state index contributed by atoms with van der Waals surface area (Å²) in [4.78, 5) is 9.45. The van der Waals surface area contributed by atoms with Gasteiger partial charge in [0, 0.05) is 34.5 Å². The molecule has 0 aliphatic rings. The van der Waals surface area contributed by atoms with Gasteiger partial charge in [-0.25, -0.2) is 0 Å². The molecule has 0 N–H and O–H groups in total. The zero-order valence-electron chi connectivity index (χ0n) is 19.0. The van der Waals surface area contributed by atoms with Crippen molar-refractivity contribution in [3.63, 3.8) is 0 Å². The highest BCUT2D eigenvalue weighted by Crippen LogP contribution is 2.34. The lowest BCUT2D eigenvalue weighted by Crippen LogP contribution is -1.98. The van der Waals surface area contributed by atoms with E-state index in [1.54, 1.807) is 0 Å². The van der Waals surface area contributed by atoms with Crippen LogP contribution >= 0.6 is 0 Å². The Morgan fingerprint density at radius 2 is 1.00 bits per heavy atom. The van der Waals surface area contributed by atoms with Crippen molar-refractivity contribution in [1.29, 1.82) is 0 Å². The number of rotatable bonds is 2. The van der Waals surface area contributed by atoms with E-state index in [1.807, 2.05) is 24.5 Å². The Morgan fingerprint density at radius 3 is 1.50 bits per heavy atom. The first-order valence-corrected chi connectivity index (χ1v) is 11.5. The number of benzene rings is 3. The van der Waals surface area contributed by atoms with Gasteiger partial charge in [0.05, 0.1) is 33.1 Å². The molecule has 7 rings (SSSR count). The molecule has 0 fully saturated rings.